The molecule has 0 aliphatic heterocycles. The van der Waals surface area contributed by atoms with Crippen molar-refractivity contribution in [3.05, 3.63) is 72.3 Å². The molecule has 0 spiro atoms. The predicted octanol–water partition coefficient (Wildman–Crippen LogP) is 3.71. The van der Waals surface area contributed by atoms with Crippen LogP contribution in [0.1, 0.15) is 23.5 Å². The molecule has 25 heavy (non-hydrogen) atoms. The molecule has 1 aliphatic rings. The van der Waals surface area contributed by atoms with Crippen molar-refractivity contribution in [2.45, 2.75) is 12.3 Å². The number of carbonyl (C=O) groups excluding carboxylic acids is 1. The highest BCUT2D eigenvalue weighted by molar-refractivity contribution is 5.79. The van der Waals surface area contributed by atoms with Crippen LogP contribution in [0.15, 0.2) is 61.2 Å². The van der Waals surface area contributed by atoms with Crippen LogP contribution < -0.4 is 5.32 Å². The van der Waals surface area contributed by atoms with Gasteiger partial charge in [-0.25, -0.2) is 4.79 Å². The first-order chi connectivity index (χ1) is 12.2. The number of amides is 1. The van der Waals surface area contributed by atoms with Crippen molar-refractivity contribution in [2.75, 3.05) is 19.8 Å². The Bertz CT molecular complexity index is 711. The predicted molar refractivity (Wildman–Crippen MR) is 98.5 cm³/mol. The lowest BCUT2D eigenvalue weighted by atomic mass is 9.98. The van der Waals surface area contributed by atoms with Crippen molar-refractivity contribution in [3.8, 4) is 11.1 Å². The Morgan fingerprint density at radius 1 is 1.16 bits per heavy atom. The Balaban J connectivity index is 1.63. The molecule has 0 saturated heterocycles. The number of alkyl carbamates (subject to hydrolysis) is 1. The molecule has 1 atom stereocenters. The van der Waals surface area contributed by atoms with Crippen LogP contribution in [-0.4, -0.2) is 31.0 Å². The summed E-state index contributed by atoms with van der Waals surface area (Å²) in [5.41, 5.74) is 4.80. The molecule has 130 valence electrons. The van der Waals surface area contributed by atoms with E-state index in [1.54, 1.807) is 6.08 Å². The molecule has 1 amide bonds. The molecular formula is C21H23NO3. The van der Waals surface area contributed by atoms with Crippen LogP contribution >= 0.6 is 0 Å². The van der Waals surface area contributed by atoms with E-state index < -0.39 is 6.09 Å². The molecule has 0 aromatic heterocycles. The number of benzene rings is 2. The SMILES string of the molecule is C=CCC(CO)CNC(=O)OCC1c2ccccc2-c2ccccc21. The highest BCUT2D eigenvalue weighted by Gasteiger charge is 2.28. The first kappa shape index (κ1) is 17.2. The number of hydrogen-bond acceptors (Lipinski definition) is 3. The van der Waals surface area contributed by atoms with Gasteiger partial charge in [0.05, 0.1) is 0 Å². The fourth-order valence-corrected chi connectivity index (χ4v) is 3.34. The van der Waals surface area contributed by atoms with E-state index in [1.165, 1.54) is 22.3 Å². The van der Waals surface area contributed by atoms with Gasteiger partial charge in [0.2, 0.25) is 0 Å². The maximum atomic E-state index is 12.0. The van der Waals surface area contributed by atoms with Gasteiger partial charge in [-0.15, -0.1) is 6.58 Å². The number of hydrogen-bond donors (Lipinski definition) is 2. The third-order valence-electron chi connectivity index (χ3n) is 4.64. The van der Waals surface area contributed by atoms with Crippen molar-refractivity contribution < 1.29 is 14.6 Å². The number of aliphatic hydroxyl groups is 1. The lowest BCUT2D eigenvalue weighted by molar-refractivity contribution is 0.138. The summed E-state index contributed by atoms with van der Waals surface area (Å²) in [6.07, 6.45) is 1.94. The molecule has 4 heteroatoms. The molecule has 3 rings (SSSR count). The normalized spacial score (nSPS) is 13.6. The van der Waals surface area contributed by atoms with Gasteiger partial charge in [-0.05, 0) is 28.7 Å². The molecule has 1 unspecified atom stereocenters. The molecule has 0 radical (unpaired) electrons. The van der Waals surface area contributed by atoms with Crippen LogP contribution in [0, 0.1) is 5.92 Å². The van der Waals surface area contributed by atoms with Gasteiger partial charge in [0, 0.05) is 25.0 Å². The van der Waals surface area contributed by atoms with E-state index in [4.69, 9.17) is 4.74 Å². The second kappa shape index (κ2) is 7.99. The van der Waals surface area contributed by atoms with Crippen molar-refractivity contribution >= 4 is 6.09 Å². The summed E-state index contributed by atoms with van der Waals surface area (Å²) in [7, 11) is 0. The van der Waals surface area contributed by atoms with Crippen LogP contribution in [-0.2, 0) is 4.74 Å². The van der Waals surface area contributed by atoms with Gasteiger partial charge in [-0.2, -0.15) is 0 Å². The smallest absolute Gasteiger partial charge is 0.407 e. The molecular weight excluding hydrogens is 314 g/mol. The molecule has 0 heterocycles. The van der Waals surface area contributed by atoms with Gasteiger partial charge >= 0.3 is 6.09 Å². The topological polar surface area (TPSA) is 58.6 Å². The van der Waals surface area contributed by atoms with Crippen LogP contribution in [0.3, 0.4) is 0 Å². The van der Waals surface area contributed by atoms with Crippen LogP contribution in [0.25, 0.3) is 11.1 Å². The van der Waals surface area contributed by atoms with Crippen LogP contribution in [0.4, 0.5) is 4.79 Å². The fourth-order valence-electron chi connectivity index (χ4n) is 3.34. The monoisotopic (exact) mass is 337 g/mol. The maximum absolute atomic E-state index is 12.0. The number of rotatable bonds is 7. The average Bonchev–Trinajstić information content (AvgIpc) is 2.97. The Morgan fingerprint density at radius 3 is 2.32 bits per heavy atom. The number of nitrogens with one attached hydrogen (secondary N) is 1. The summed E-state index contributed by atoms with van der Waals surface area (Å²) in [6.45, 7) is 4.33. The molecule has 0 fully saturated rings. The Hall–Kier alpha value is -2.59. The third-order valence-corrected chi connectivity index (χ3v) is 4.64. The fraction of sp³-hybridized carbons (Fsp3) is 0.286. The zero-order chi connectivity index (χ0) is 17.6. The number of ether oxygens (including phenoxy) is 1. The van der Waals surface area contributed by atoms with Crippen molar-refractivity contribution in [1.29, 1.82) is 0 Å². The highest BCUT2D eigenvalue weighted by Crippen LogP contribution is 2.44. The minimum Gasteiger partial charge on any atom is -0.449 e. The first-order valence-corrected chi connectivity index (χ1v) is 8.55. The van der Waals surface area contributed by atoms with E-state index in [9.17, 15) is 9.90 Å². The van der Waals surface area contributed by atoms with E-state index in [0.717, 1.165) is 0 Å². The van der Waals surface area contributed by atoms with Crippen LogP contribution in [0.5, 0.6) is 0 Å². The molecule has 0 saturated carbocycles. The number of carbonyl (C=O) groups is 1. The number of fused-ring (bicyclic) bond motifs is 3. The minimum absolute atomic E-state index is 0.00960. The van der Waals surface area contributed by atoms with Crippen molar-refractivity contribution in [3.63, 3.8) is 0 Å². The summed E-state index contributed by atoms with van der Waals surface area (Å²) in [6, 6.07) is 16.5. The molecule has 4 nitrogen and oxygen atoms in total. The van der Waals surface area contributed by atoms with Gasteiger partial charge in [0.1, 0.15) is 6.61 Å². The second-order valence-electron chi connectivity index (χ2n) is 6.28. The van der Waals surface area contributed by atoms with Gasteiger partial charge < -0.3 is 15.2 Å². The standard InChI is InChI=1S/C21H23NO3/c1-2-7-15(13-23)12-22-21(24)25-14-20-18-10-5-3-8-16(18)17-9-4-6-11-19(17)20/h2-6,8-11,15,20,23H,1,7,12-14H2,(H,22,24). The quantitative estimate of drug-likeness (QED) is 0.757. The Labute approximate surface area is 148 Å². The van der Waals surface area contributed by atoms with E-state index in [2.05, 4.69) is 36.2 Å². The summed E-state index contributed by atoms with van der Waals surface area (Å²) >= 11 is 0. The lowest BCUT2D eigenvalue weighted by Crippen LogP contribution is -2.32. The van der Waals surface area contributed by atoms with Crippen molar-refractivity contribution in [1.82, 2.24) is 5.32 Å². The molecule has 1 aliphatic carbocycles. The van der Waals surface area contributed by atoms with E-state index >= 15 is 0 Å². The summed E-state index contributed by atoms with van der Waals surface area (Å²) < 4.78 is 5.46. The molecule has 2 aromatic rings. The van der Waals surface area contributed by atoms with Gasteiger partial charge in [-0.1, -0.05) is 54.6 Å². The molecule has 2 aromatic carbocycles. The zero-order valence-corrected chi connectivity index (χ0v) is 14.2. The van der Waals surface area contributed by atoms with E-state index in [0.29, 0.717) is 19.6 Å². The summed E-state index contributed by atoms with van der Waals surface area (Å²) in [5.74, 6) is 0.0259. The van der Waals surface area contributed by atoms with E-state index in [1.807, 2.05) is 24.3 Å². The lowest BCUT2D eigenvalue weighted by Gasteiger charge is -2.16. The Morgan fingerprint density at radius 2 is 1.76 bits per heavy atom. The number of allylic oxidation sites excluding steroid dienone is 1. The highest BCUT2D eigenvalue weighted by atomic mass is 16.5. The molecule has 0 bridgehead atoms. The summed E-state index contributed by atoms with van der Waals surface area (Å²) in [5, 5.41) is 12.0. The van der Waals surface area contributed by atoms with Crippen molar-refractivity contribution in [2.24, 2.45) is 5.92 Å². The largest absolute Gasteiger partial charge is 0.449 e. The minimum atomic E-state index is -0.454. The van der Waals surface area contributed by atoms with Gasteiger partial charge in [0.25, 0.3) is 0 Å². The Kier molecular flexibility index (Phi) is 5.51. The number of aliphatic hydroxyl groups excluding tert-OH is 1. The average molecular weight is 337 g/mol. The zero-order valence-electron chi connectivity index (χ0n) is 14.2. The maximum Gasteiger partial charge on any atom is 0.407 e. The summed E-state index contributed by atoms with van der Waals surface area (Å²) in [4.78, 5) is 12.0. The van der Waals surface area contributed by atoms with Crippen LogP contribution in [0.2, 0.25) is 0 Å². The molecule has 2 N–H and O–H groups in total. The van der Waals surface area contributed by atoms with Gasteiger partial charge in [0.15, 0.2) is 0 Å². The first-order valence-electron chi connectivity index (χ1n) is 8.55. The van der Waals surface area contributed by atoms with Gasteiger partial charge in [-0.3, -0.25) is 0 Å². The third kappa shape index (κ3) is 3.74. The van der Waals surface area contributed by atoms with E-state index in [-0.39, 0.29) is 18.4 Å². The second-order valence-corrected chi connectivity index (χ2v) is 6.28.